The fraction of sp³-hybridized carbons (Fsp3) is 0.818. The van der Waals surface area contributed by atoms with Crippen molar-refractivity contribution in [1.82, 2.24) is 0 Å². The molecule has 0 aromatic rings. The van der Waals surface area contributed by atoms with Crippen molar-refractivity contribution < 1.29 is 20.1 Å². The average Bonchev–Trinajstić information content (AvgIpc) is 2.24. The van der Waals surface area contributed by atoms with E-state index < -0.39 is 6.10 Å². The Morgan fingerprint density at radius 3 is 2.33 bits per heavy atom. The molecule has 92 valence electrons. The Labute approximate surface area is 92.2 Å². The van der Waals surface area contributed by atoms with Crippen molar-refractivity contribution >= 4 is 0 Å². The number of aliphatic hydroxyl groups is 3. The monoisotopic (exact) mass is 220 g/mol. The lowest BCUT2D eigenvalue weighted by Gasteiger charge is -1.94. The van der Waals surface area contributed by atoms with Crippen LogP contribution in [0, 0.1) is 0 Å². The van der Waals surface area contributed by atoms with Gasteiger partial charge in [0, 0.05) is 0 Å². The first kappa shape index (κ1) is 16.8. The van der Waals surface area contributed by atoms with Crippen molar-refractivity contribution in [1.29, 1.82) is 0 Å². The maximum atomic E-state index is 8.31. The summed E-state index contributed by atoms with van der Waals surface area (Å²) >= 11 is 0. The van der Waals surface area contributed by atoms with Crippen LogP contribution in [0.3, 0.4) is 0 Å². The van der Waals surface area contributed by atoms with Crippen LogP contribution in [0.4, 0.5) is 0 Å². The molecule has 0 amide bonds. The van der Waals surface area contributed by atoms with Crippen molar-refractivity contribution in [2.75, 3.05) is 19.8 Å². The SMILES string of the molecule is CC(O)CO.CCCCC=COCCO. The van der Waals surface area contributed by atoms with Gasteiger partial charge in [0.15, 0.2) is 0 Å². The third-order valence-corrected chi connectivity index (χ3v) is 1.39. The fourth-order valence-electron chi connectivity index (χ4n) is 0.579. The molecular formula is C11H24O4. The molecule has 3 N–H and O–H groups in total. The van der Waals surface area contributed by atoms with Crippen LogP contribution >= 0.6 is 0 Å². The number of hydrogen-bond acceptors (Lipinski definition) is 4. The molecule has 4 heteroatoms. The number of aliphatic hydroxyl groups excluding tert-OH is 3. The van der Waals surface area contributed by atoms with Crippen molar-refractivity contribution in [3.8, 4) is 0 Å². The highest BCUT2D eigenvalue weighted by Crippen LogP contribution is 1.94. The van der Waals surface area contributed by atoms with E-state index in [-0.39, 0.29) is 13.2 Å². The summed E-state index contributed by atoms with van der Waals surface area (Å²) in [4.78, 5) is 0. The van der Waals surface area contributed by atoms with Gasteiger partial charge in [-0.1, -0.05) is 13.3 Å². The molecule has 0 aromatic carbocycles. The van der Waals surface area contributed by atoms with E-state index in [1.54, 1.807) is 6.26 Å². The molecule has 0 saturated heterocycles. The minimum Gasteiger partial charge on any atom is -0.499 e. The summed E-state index contributed by atoms with van der Waals surface area (Å²) in [7, 11) is 0. The molecule has 4 nitrogen and oxygen atoms in total. The predicted octanol–water partition coefficient (Wildman–Crippen LogP) is 1.06. The number of allylic oxidation sites excluding steroid dienone is 1. The van der Waals surface area contributed by atoms with Crippen LogP contribution in [0.5, 0.6) is 0 Å². The molecular weight excluding hydrogens is 196 g/mol. The van der Waals surface area contributed by atoms with Gasteiger partial charge < -0.3 is 20.1 Å². The summed E-state index contributed by atoms with van der Waals surface area (Å²) in [5.74, 6) is 0. The van der Waals surface area contributed by atoms with Crippen molar-refractivity contribution in [3.05, 3.63) is 12.3 Å². The molecule has 15 heavy (non-hydrogen) atoms. The number of unbranched alkanes of at least 4 members (excludes halogenated alkanes) is 2. The summed E-state index contributed by atoms with van der Waals surface area (Å²) in [5.41, 5.74) is 0. The van der Waals surface area contributed by atoms with Crippen LogP contribution in [0.1, 0.15) is 33.1 Å². The van der Waals surface area contributed by atoms with Gasteiger partial charge in [0.05, 0.1) is 25.6 Å². The predicted molar refractivity (Wildman–Crippen MR) is 60.5 cm³/mol. The van der Waals surface area contributed by atoms with E-state index in [9.17, 15) is 0 Å². The van der Waals surface area contributed by atoms with E-state index in [4.69, 9.17) is 20.1 Å². The number of ether oxygens (including phenoxy) is 1. The molecule has 0 aromatic heterocycles. The molecule has 0 aliphatic heterocycles. The average molecular weight is 220 g/mol. The Bertz CT molecular complexity index is 114. The minimum absolute atomic E-state index is 0.0954. The van der Waals surface area contributed by atoms with Crippen LogP contribution in [0.25, 0.3) is 0 Å². The van der Waals surface area contributed by atoms with Crippen LogP contribution in [0.15, 0.2) is 12.3 Å². The van der Waals surface area contributed by atoms with E-state index in [2.05, 4.69) is 6.92 Å². The van der Waals surface area contributed by atoms with Gasteiger partial charge in [-0.3, -0.25) is 0 Å². The molecule has 1 atom stereocenters. The Hall–Kier alpha value is -0.580. The highest BCUT2D eigenvalue weighted by atomic mass is 16.5. The summed E-state index contributed by atoms with van der Waals surface area (Å²) in [6.45, 7) is 4.04. The number of hydrogen-bond donors (Lipinski definition) is 3. The van der Waals surface area contributed by atoms with Crippen molar-refractivity contribution in [2.45, 2.75) is 39.2 Å². The minimum atomic E-state index is -0.560. The molecule has 0 bridgehead atoms. The van der Waals surface area contributed by atoms with Gasteiger partial charge in [-0.15, -0.1) is 0 Å². The van der Waals surface area contributed by atoms with E-state index in [0.29, 0.717) is 6.61 Å². The quantitative estimate of drug-likeness (QED) is 0.443. The maximum absolute atomic E-state index is 8.31. The van der Waals surface area contributed by atoms with Crippen LogP contribution in [-0.4, -0.2) is 41.2 Å². The summed E-state index contributed by atoms with van der Waals surface area (Å²) in [6.07, 6.45) is 6.58. The van der Waals surface area contributed by atoms with Gasteiger partial charge in [0.25, 0.3) is 0 Å². The lowest BCUT2D eigenvalue weighted by atomic mass is 10.2. The Balaban J connectivity index is 0. The van der Waals surface area contributed by atoms with Crippen LogP contribution in [-0.2, 0) is 4.74 Å². The largest absolute Gasteiger partial charge is 0.499 e. The van der Waals surface area contributed by atoms with Crippen LogP contribution < -0.4 is 0 Å². The molecule has 0 heterocycles. The van der Waals surface area contributed by atoms with Gasteiger partial charge >= 0.3 is 0 Å². The van der Waals surface area contributed by atoms with Gasteiger partial charge in [-0.2, -0.15) is 0 Å². The second-order valence-corrected chi connectivity index (χ2v) is 3.14. The normalized spacial score (nSPS) is 12.1. The first-order chi connectivity index (χ1) is 7.18. The fourth-order valence-corrected chi connectivity index (χ4v) is 0.579. The van der Waals surface area contributed by atoms with Crippen molar-refractivity contribution in [3.63, 3.8) is 0 Å². The van der Waals surface area contributed by atoms with Crippen LogP contribution in [0.2, 0.25) is 0 Å². The summed E-state index contributed by atoms with van der Waals surface area (Å²) < 4.78 is 4.90. The topological polar surface area (TPSA) is 69.9 Å². The van der Waals surface area contributed by atoms with E-state index in [1.165, 1.54) is 19.8 Å². The molecule has 0 aliphatic rings. The van der Waals surface area contributed by atoms with Gasteiger partial charge in [0.1, 0.15) is 6.61 Å². The molecule has 0 rings (SSSR count). The zero-order chi connectivity index (χ0) is 11.9. The summed E-state index contributed by atoms with van der Waals surface area (Å²) in [6, 6.07) is 0. The molecule has 0 spiro atoms. The third-order valence-electron chi connectivity index (χ3n) is 1.39. The van der Waals surface area contributed by atoms with E-state index in [0.717, 1.165) is 6.42 Å². The molecule has 0 saturated carbocycles. The Kier molecular flexibility index (Phi) is 17.8. The lowest BCUT2D eigenvalue weighted by molar-refractivity contribution is 0.110. The second kappa shape index (κ2) is 15.9. The lowest BCUT2D eigenvalue weighted by Crippen LogP contribution is -2.03. The van der Waals surface area contributed by atoms with Crippen molar-refractivity contribution in [2.24, 2.45) is 0 Å². The van der Waals surface area contributed by atoms with Gasteiger partial charge in [-0.25, -0.2) is 0 Å². The molecule has 0 aliphatic carbocycles. The molecule has 0 fully saturated rings. The Morgan fingerprint density at radius 2 is 1.93 bits per heavy atom. The van der Waals surface area contributed by atoms with E-state index >= 15 is 0 Å². The molecule has 1 unspecified atom stereocenters. The zero-order valence-corrected chi connectivity index (χ0v) is 9.72. The Morgan fingerprint density at radius 1 is 1.33 bits per heavy atom. The smallest absolute Gasteiger partial charge is 0.110 e. The highest BCUT2D eigenvalue weighted by Gasteiger charge is 1.83. The second-order valence-electron chi connectivity index (χ2n) is 3.14. The number of rotatable bonds is 7. The summed E-state index contributed by atoms with van der Waals surface area (Å²) in [5, 5.41) is 24.3. The van der Waals surface area contributed by atoms with E-state index in [1.807, 2.05) is 6.08 Å². The zero-order valence-electron chi connectivity index (χ0n) is 9.72. The third kappa shape index (κ3) is 24.7. The van der Waals surface area contributed by atoms with Gasteiger partial charge in [-0.05, 0) is 25.8 Å². The molecule has 0 radical (unpaired) electrons. The highest BCUT2D eigenvalue weighted by molar-refractivity contribution is 4.72. The first-order valence-electron chi connectivity index (χ1n) is 5.35. The van der Waals surface area contributed by atoms with Gasteiger partial charge in [0.2, 0.25) is 0 Å². The maximum Gasteiger partial charge on any atom is 0.110 e. The standard InChI is InChI=1S/C8H16O2.C3H8O2/c1-2-3-4-5-7-10-8-6-9;1-3(5)2-4/h5,7,9H,2-4,6,8H2,1H3;3-5H,2H2,1H3. The first-order valence-corrected chi connectivity index (χ1v) is 5.35.